The Bertz CT molecular complexity index is 973. The van der Waals surface area contributed by atoms with E-state index in [0.717, 1.165) is 31.1 Å². The second kappa shape index (κ2) is 9.65. The number of carbonyl (C=O) groups excluding carboxylic acids is 1. The van der Waals surface area contributed by atoms with Crippen LogP contribution in [0.4, 0.5) is 5.69 Å². The first-order valence-corrected chi connectivity index (χ1v) is 12.7. The van der Waals surface area contributed by atoms with Crippen LogP contribution in [0.5, 0.6) is 0 Å². The van der Waals surface area contributed by atoms with Crippen molar-refractivity contribution >= 4 is 21.6 Å². The number of nitrogens with one attached hydrogen (secondary N) is 1. The standard InChI is InChI=1S/C24H32N2O3S/c1-4-22(20-16-15-18-11-9-10-12-19(18)17-20)25-24(27)23(5-2)26(30(3,28)29)21-13-7-6-8-14-21/h6-8,13-17,22-23H,4-5,9-12H2,1-3H3,(H,25,27)/t22-,23+/m0/s1. The third-order valence-electron chi connectivity index (χ3n) is 5.84. The fraction of sp³-hybridized carbons (Fsp3) is 0.458. The highest BCUT2D eigenvalue weighted by Gasteiger charge is 2.32. The molecule has 2 aromatic rings. The number of rotatable bonds is 8. The van der Waals surface area contributed by atoms with Crippen molar-refractivity contribution in [3.63, 3.8) is 0 Å². The van der Waals surface area contributed by atoms with Crippen molar-refractivity contribution in [2.45, 2.75) is 64.5 Å². The van der Waals surface area contributed by atoms with Crippen LogP contribution >= 0.6 is 0 Å². The first kappa shape index (κ1) is 22.3. The molecule has 0 fully saturated rings. The summed E-state index contributed by atoms with van der Waals surface area (Å²) < 4.78 is 26.4. The third kappa shape index (κ3) is 5.04. The van der Waals surface area contributed by atoms with E-state index in [2.05, 4.69) is 23.5 Å². The summed E-state index contributed by atoms with van der Waals surface area (Å²) in [6.07, 6.45) is 6.92. The van der Waals surface area contributed by atoms with Gasteiger partial charge in [0.05, 0.1) is 18.0 Å². The van der Waals surface area contributed by atoms with Crippen molar-refractivity contribution in [1.29, 1.82) is 0 Å². The minimum Gasteiger partial charge on any atom is -0.347 e. The number of anilines is 1. The van der Waals surface area contributed by atoms with E-state index in [4.69, 9.17) is 0 Å². The number of aryl methyl sites for hydroxylation is 2. The number of benzene rings is 2. The molecule has 3 rings (SSSR count). The van der Waals surface area contributed by atoms with Crippen molar-refractivity contribution in [3.05, 3.63) is 65.2 Å². The zero-order valence-electron chi connectivity index (χ0n) is 18.1. The molecule has 0 bridgehead atoms. The maximum atomic E-state index is 13.2. The minimum absolute atomic E-state index is 0.143. The lowest BCUT2D eigenvalue weighted by Gasteiger charge is -2.31. The lowest BCUT2D eigenvalue weighted by molar-refractivity contribution is -0.123. The Morgan fingerprint density at radius 1 is 1.00 bits per heavy atom. The zero-order chi connectivity index (χ0) is 21.7. The topological polar surface area (TPSA) is 66.5 Å². The van der Waals surface area contributed by atoms with Crippen molar-refractivity contribution in [3.8, 4) is 0 Å². The summed E-state index contributed by atoms with van der Waals surface area (Å²) >= 11 is 0. The Hall–Kier alpha value is -2.34. The molecule has 1 amide bonds. The van der Waals surface area contributed by atoms with Gasteiger partial charge < -0.3 is 5.32 Å². The van der Waals surface area contributed by atoms with Crippen LogP contribution in [0.2, 0.25) is 0 Å². The van der Waals surface area contributed by atoms with E-state index in [9.17, 15) is 13.2 Å². The smallest absolute Gasteiger partial charge is 0.244 e. The van der Waals surface area contributed by atoms with Crippen molar-refractivity contribution in [1.82, 2.24) is 5.32 Å². The molecular formula is C24H32N2O3S. The molecule has 2 atom stereocenters. The molecule has 6 heteroatoms. The number of sulfonamides is 1. The average Bonchev–Trinajstić information content (AvgIpc) is 2.74. The Labute approximate surface area is 180 Å². The Morgan fingerprint density at radius 2 is 1.67 bits per heavy atom. The summed E-state index contributed by atoms with van der Waals surface area (Å²) in [7, 11) is -3.62. The summed E-state index contributed by atoms with van der Waals surface area (Å²) in [4.78, 5) is 13.2. The minimum atomic E-state index is -3.62. The van der Waals surface area contributed by atoms with Crippen molar-refractivity contribution in [2.24, 2.45) is 0 Å². The first-order chi connectivity index (χ1) is 14.3. The highest BCUT2D eigenvalue weighted by molar-refractivity contribution is 7.92. The Kier molecular flexibility index (Phi) is 7.19. The molecule has 0 heterocycles. The van der Waals surface area contributed by atoms with Gasteiger partial charge in [0.1, 0.15) is 6.04 Å². The average molecular weight is 429 g/mol. The molecule has 162 valence electrons. The number of fused-ring (bicyclic) bond motifs is 1. The molecule has 0 spiro atoms. The SMILES string of the molecule is CC[C@H](NC(=O)[C@@H](CC)N(c1ccccc1)S(C)(=O)=O)c1ccc2c(c1)CCCC2. The van der Waals surface area contributed by atoms with Crippen LogP contribution in [-0.2, 0) is 27.7 Å². The van der Waals surface area contributed by atoms with Gasteiger partial charge in [-0.2, -0.15) is 0 Å². The van der Waals surface area contributed by atoms with Gasteiger partial charge in [-0.05, 0) is 67.3 Å². The summed E-state index contributed by atoms with van der Waals surface area (Å²) in [5.74, 6) is -0.267. The van der Waals surface area contributed by atoms with Gasteiger partial charge in [0.2, 0.25) is 15.9 Å². The fourth-order valence-corrected chi connectivity index (χ4v) is 5.51. The molecule has 0 unspecified atom stereocenters. The Morgan fingerprint density at radius 3 is 2.27 bits per heavy atom. The van der Waals surface area contributed by atoms with E-state index < -0.39 is 16.1 Å². The van der Waals surface area contributed by atoms with E-state index in [1.54, 1.807) is 24.3 Å². The van der Waals surface area contributed by atoms with Crippen LogP contribution in [-0.4, -0.2) is 26.6 Å². The lowest BCUT2D eigenvalue weighted by atomic mass is 9.88. The normalized spacial score (nSPS) is 15.7. The number of carbonyl (C=O) groups is 1. The quantitative estimate of drug-likeness (QED) is 0.679. The van der Waals surface area contributed by atoms with Gasteiger partial charge in [-0.25, -0.2) is 8.42 Å². The van der Waals surface area contributed by atoms with Crippen LogP contribution in [0.15, 0.2) is 48.5 Å². The predicted molar refractivity (Wildman–Crippen MR) is 122 cm³/mol. The second-order valence-electron chi connectivity index (χ2n) is 8.02. The molecule has 2 aromatic carbocycles. The number of hydrogen-bond donors (Lipinski definition) is 1. The second-order valence-corrected chi connectivity index (χ2v) is 9.88. The van der Waals surface area contributed by atoms with Gasteiger partial charge in [0, 0.05) is 0 Å². The molecule has 5 nitrogen and oxygen atoms in total. The first-order valence-electron chi connectivity index (χ1n) is 10.8. The molecule has 0 aliphatic heterocycles. The van der Waals surface area contributed by atoms with Crippen LogP contribution < -0.4 is 9.62 Å². The van der Waals surface area contributed by atoms with E-state index in [0.29, 0.717) is 12.1 Å². The van der Waals surface area contributed by atoms with Crippen LogP contribution in [0.1, 0.15) is 62.3 Å². The lowest BCUT2D eigenvalue weighted by Crippen LogP contribution is -2.50. The molecule has 0 saturated heterocycles. The summed E-state index contributed by atoms with van der Waals surface area (Å²) in [5.41, 5.74) is 4.38. The monoisotopic (exact) mass is 428 g/mol. The molecule has 1 N–H and O–H groups in total. The maximum absolute atomic E-state index is 13.2. The van der Waals surface area contributed by atoms with Crippen LogP contribution in [0, 0.1) is 0 Å². The molecule has 1 aliphatic carbocycles. The highest BCUT2D eigenvalue weighted by Crippen LogP contribution is 2.27. The summed E-state index contributed by atoms with van der Waals surface area (Å²) in [6.45, 7) is 3.88. The van der Waals surface area contributed by atoms with Gasteiger partial charge in [-0.1, -0.05) is 50.2 Å². The van der Waals surface area contributed by atoms with Gasteiger partial charge >= 0.3 is 0 Å². The third-order valence-corrected chi connectivity index (χ3v) is 7.02. The zero-order valence-corrected chi connectivity index (χ0v) is 18.9. The van der Waals surface area contributed by atoms with Gasteiger partial charge in [0.15, 0.2) is 0 Å². The summed E-state index contributed by atoms with van der Waals surface area (Å²) in [6, 6.07) is 14.4. The maximum Gasteiger partial charge on any atom is 0.244 e. The van der Waals surface area contributed by atoms with Crippen LogP contribution in [0.3, 0.4) is 0 Å². The van der Waals surface area contributed by atoms with E-state index in [1.807, 2.05) is 19.9 Å². The number of nitrogens with zero attached hydrogens (tertiary/aromatic N) is 1. The number of amides is 1. The van der Waals surface area contributed by atoms with Crippen LogP contribution in [0.25, 0.3) is 0 Å². The number of para-hydroxylation sites is 1. The van der Waals surface area contributed by atoms with Gasteiger partial charge in [-0.3, -0.25) is 9.10 Å². The van der Waals surface area contributed by atoms with Crippen molar-refractivity contribution in [2.75, 3.05) is 10.6 Å². The molecule has 0 saturated carbocycles. The van der Waals surface area contributed by atoms with E-state index in [-0.39, 0.29) is 11.9 Å². The largest absolute Gasteiger partial charge is 0.347 e. The molecule has 0 aromatic heterocycles. The van der Waals surface area contributed by atoms with Gasteiger partial charge in [-0.15, -0.1) is 0 Å². The summed E-state index contributed by atoms with van der Waals surface area (Å²) in [5, 5.41) is 3.12. The van der Waals surface area contributed by atoms with E-state index >= 15 is 0 Å². The molecule has 0 radical (unpaired) electrons. The fourth-order valence-electron chi connectivity index (χ4n) is 4.29. The number of hydrogen-bond acceptors (Lipinski definition) is 3. The Balaban J connectivity index is 1.85. The molecule has 1 aliphatic rings. The highest BCUT2D eigenvalue weighted by atomic mass is 32.2. The van der Waals surface area contributed by atoms with Crippen molar-refractivity contribution < 1.29 is 13.2 Å². The van der Waals surface area contributed by atoms with Gasteiger partial charge in [0.25, 0.3) is 0 Å². The predicted octanol–water partition coefficient (Wildman–Crippen LogP) is 4.38. The van der Waals surface area contributed by atoms with E-state index in [1.165, 1.54) is 28.3 Å². The molecular weight excluding hydrogens is 396 g/mol. The molecule has 30 heavy (non-hydrogen) atoms.